The van der Waals surface area contributed by atoms with Crippen LogP contribution in [0, 0.1) is 0 Å². The van der Waals surface area contributed by atoms with Crippen molar-refractivity contribution in [2.75, 3.05) is 19.5 Å². The first kappa shape index (κ1) is 13.0. The highest BCUT2D eigenvalue weighted by molar-refractivity contribution is 7.99. The van der Waals surface area contributed by atoms with E-state index in [0.717, 1.165) is 23.9 Å². The SMILES string of the molecule is COCCSC(C)c1nnnn1-c1ccccc1. The topological polar surface area (TPSA) is 52.8 Å². The number of para-hydroxylation sites is 1. The molecule has 1 heterocycles. The zero-order valence-corrected chi connectivity index (χ0v) is 11.3. The fourth-order valence-electron chi connectivity index (χ4n) is 1.58. The molecule has 0 saturated carbocycles. The van der Waals surface area contributed by atoms with E-state index in [1.54, 1.807) is 23.6 Å². The second-order valence-electron chi connectivity index (χ2n) is 3.79. The molecule has 18 heavy (non-hydrogen) atoms. The van der Waals surface area contributed by atoms with Gasteiger partial charge in [-0.2, -0.15) is 4.68 Å². The molecule has 1 aromatic carbocycles. The predicted molar refractivity (Wildman–Crippen MR) is 71.9 cm³/mol. The molecule has 0 fully saturated rings. The lowest BCUT2D eigenvalue weighted by atomic mass is 10.3. The van der Waals surface area contributed by atoms with Crippen molar-refractivity contribution in [1.82, 2.24) is 20.2 Å². The maximum Gasteiger partial charge on any atom is 0.169 e. The fourth-order valence-corrected chi connectivity index (χ4v) is 2.50. The summed E-state index contributed by atoms with van der Waals surface area (Å²) >= 11 is 1.78. The lowest BCUT2D eigenvalue weighted by molar-refractivity contribution is 0.218. The number of benzene rings is 1. The van der Waals surface area contributed by atoms with E-state index in [-0.39, 0.29) is 5.25 Å². The number of thioether (sulfide) groups is 1. The third-order valence-electron chi connectivity index (χ3n) is 2.51. The van der Waals surface area contributed by atoms with Crippen molar-refractivity contribution < 1.29 is 4.74 Å². The number of tetrazole rings is 1. The summed E-state index contributed by atoms with van der Waals surface area (Å²) in [5.74, 6) is 1.79. The molecule has 0 aliphatic heterocycles. The maximum absolute atomic E-state index is 5.05. The van der Waals surface area contributed by atoms with Crippen molar-refractivity contribution in [2.45, 2.75) is 12.2 Å². The summed E-state index contributed by atoms with van der Waals surface area (Å²) in [5.41, 5.74) is 0.983. The molecular formula is C12H16N4OS. The molecule has 0 spiro atoms. The number of rotatable bonds is 6. The first-order valence-electron chi connectivity index (χ1n) is 5.77. The summed E-state index contributed by atoms with van der Waals surface area (Å²) in [4.78, 5) is 0. The van der Waals surface area contributed by atoms with Gasteiger partial charge in [0.05, 0.1) is 17.5 Å². The average Bonchev–Trinajstić information content (AvgIpc) is 2.89. The highest BCUT2D eigenvalue weighted by Crippen LogP contribution is 2.27. The van der Waals surface area contributed by atoms with E-state index in [1.807, 2.05) is 30.3 Å². The number of nitrogens with zero attached hydrogens (tertiary/aromatic N) is 4. The van der Waals surface area contributed by atoms with Gasteiger partial charge in [-0.25, -0.2) is 0 Å². The van der Waals surface area contributed by atoms with Gasteiger partial charge in [-0.1, -0.05) is 18.2 Å². The van der Waals surface area contributed by atoms with Crippen LogP contribution in [0.5, 0.6) is 0 Å². The molecule has 1 aromatic heterocycles. The minimum Gasteiger partial charge on any atom is -0.384 e. The minimum atomic E-state index is 0.232. The Hall–Kier alpha value is -1.40. The highest BCUT2D eigenvalue weighted by atomic mass is 32.2. The highest BCUT2D eigenvalue weighted by Gasteiger charge is 2.15. The molecule has 0 N–H and O–H groups in total. The second kappa shape index (κ2) is 6.51. The first-order chi connectivity index (χ1) is 8.83. The van der Waals surface area contributed by atoms with Gasteiger partial charge >= 0.3 is 0 Å². The first-order valence-corrected chi connectivity index (χ1v) is 6.82. The Morgan fingerprint density at radius 1 is 1.33 bits per heavy atom. The quantitative estimate of drug-likeness (QED) is 0.748. The van der Waals surface area contributed by atoms with Gasteiger partial charge < -0.3 is 4.74 Å². The van der Waals surface area contributed by atoms with Gasteiger partial charge in [0, 0.05) is 12.9 Å². The van der Waals surface area contributed by atoms with Crippen LogP contribution in [-0.4, -0.2) is 39.7 Å². The average molecular weight is 264 g/mol. The summed E-state index contributed by atoms with van der Waals surface area (Å²) in [6.07, 6.45) is 0. The van der Waals surface area contributed by atoms with Gasteiger partial charge in [0.2, 0.25) is 0 Å². The molecular weight excluding hydrogens is 248 g/mol. The molecule has 5 nitrogen and oxygen atoms in total. The molecule has 0 saturated heterocycles. The van der Waals surface area contributed by atoms with E-state index in [9.17, 15) is 0 Å². The van der Waals surface area contributed by atoms with Crippen LogP contribution in [0.3, 0.4) is 0 Å². The molecule has 2 rings (SSSR count). The Kier molecular flexibility index (Phi) is 4.72. The number of methoxy groups -OCH3 is 1. The molecule has 0 aliphatic rings. The van der Waals surface area contributed by atoms with Crippen molar-refractivity contribution in [3.05, 3.63) is 36.2 Å². The maximum atomic E-state index is 5.05. The Bertz CT molecular complexity index is 474. The zero-order valence-electron chi connectivity index (χ0n) is 10.5. The van der Waals surface area contributed by atoms with Crippen molar-refractivity contribution in [2.24, 2.45) is 0 Å². The molecule has 1 atom stereocenters. The van der Waals surface area contributed by atoms with Crippen LogP contribution in [-0.2, 0) is 4.74 Å². The molecule has 1 unspecified atom stereocenters. The van der Waals surface area contributed by atoms with Gasteiger partial charge in [-0.15, -0.1) is 16.9 Å². The summed E-state index contributed by atoms with van der Waals surface area (Å²) in [7, 11) is 1.71. The number of hydrogen-bond acceptors (Lipinski definition) is 5. The van der Waals surface area contributed by atoms with Crippen LogP contribution in [0.15, 0.2) is 30.3 Å². The van der Waals surface area contributed by atoms with Gasteiger partial charge in [-0.3, -0.25) is 0 Å². The fraction of sp³-hybridized carbons (Fsp3) is 0.417. The Labute approximate surface area is 111 Å². The lowest BCUT2D eigenvalue weighted by Crippen LogP contribution is -2.06. The number of aromatic nitrogens is 4. The molecule has 6 heteroatoms. The van der Waals surface area contributed by atoms with E-state index < -0.39 is 0 Å². The Morgan fingerprint density at radius 3 is 2.83 bits per heavy atom. The lowest BCUT2D eigenvalue weighted by Gasteiger charge is -2.10. The molecule has 2 aromatic rings. The normalized spacial score (nSPS) is 12.6. The van der Waals surface area contributed by atoms with E-state index in [1.165, 1.54) is 0 Å². The predicted octanol–water partition coefficient (Wildman–Crippen LogP) is 2.10. The Balaban J connectivity index is 2.12. The van der Waals surface area contributed by atoms with E-state index >= 15 is 0 Å². The summed E-state index contributed by atoms with van der Waals surface area (Å²) in [6.45, 7) is 2.84. The van der Waals surface area contributed by atoms with E-state index in [0.29, 0.717) is 0 Å². The van der Waals surface area contributed by atoms with Crippen LogP contribution < -0.4 is 0 Å². The summed E-state index contributed by atoms with van der Waals surface area (Å²) in [6, 6.07) is 9.91. The van der Waals surface area contributed by atoms with Crippen LogP contribution >= 0.6 is 11.8 Å². The molecule has 0 aliphatic carbocycles. The van der Waals surface area contributed by atoms with Crippen LogP contribution in [0.1, 0.15) is 18.0 Å². The van der Waals surface area contributed by atoms with Gasteiger partial charge in [0.1, 0.15) is 0 Å². The third-order valence-corrected chi connectivity index (χ3v) is 3.63. The van der Waals surface area contributed by atoms with Crippen LogP contribution in [0.25, 0.3) is 5.69 Å². The van der Waals surface area contributed by atoms with Crippen LogP contribution in [0.2, 0.25) is 0 Å². The van der Waals surface area contributed by atoms with Crippen molar-refractivity contribution in [3.8, 4) is 5.69 Å². The molecule has 0 amide bonds. The zero-order chi connectivity index (χ0) is 12.8. The van der Waals surface area contributed by atoms with Crippen molar-refractivity contribution in [1.29, 1.82) is 0 Å². The number of ether oxygens (including phenoxy) is 1. The van der Waals surface area contributed by atoms with Gasteiger partial charge in [-0.05, 0) is 29.5 Å². The third kappa shape index (κ3) is 3.08. The van der Waals surface area contributed by atoms with Gasteiger partial charge in [0.25, 0.3) is 0 Å². The molecule has 96 valence electrons. The Morgan fingerprint density at radius 2 is 2.11 bits per heavy atom. The second-order valence-corrected chi connectivity index (χ2v) is 5.24. The molecule has 0 radical (unpaired) electrons. The summed E-state index contributed by atoms with van der Waals surface area (Å²) in [5, 5.41) is 12.2. The van der Waals surface area contributed by atoms with E-state index in [4.69, 9.17) is 4.74 Å². The molecule has 0 bridgehead atoms. The smallest absolute Gasteiger partial charge is 0.169 e. The largest absolute Gasteiger partial charge is 0.384 e. The van der Waals surface area contributed by atoms with E-state index in [2.05, 4.69) is 22.4 Å². The van der Waals surface area contributed by atoms with Crippen molar-refractivity contribution >= 4 is 11.8 Å². The standard InChI is InChI=1S/C12H16N4OS/c1-10(18-9-8-17-2)12-13-14-15-16(12)11-6-4-3-5-7-11/h3-7,10H,8-9H2,1-2H3. The number of hydrogen-bond donors (Lipinski definition) is 0. The summed E-state index contributed by atoms with van der Waals surface area (Å²) < 4.78 is 6.83. The van der Waals surface area contributed by atoms with Gasteiger partial charge in [0.15, 0.2) is 5.82 Å². The monoisotopic (exact) mass is 264 g/mol. The van der Waals surface area contributed by atoms with Crippen molar-refractivity contribution in [3.63, 3.8) is 0 Å². The minimum absolute atomic E-state index is 0.232. The van der Waals surface area contributed by atoms with Crippen LogP contribution in [0.4, 0.5) is 0 Å².